The number of benzene rings is 1. The fourth-order valence-electron chi connectivity index (χ4n) is 1.38. The van der Waals surface area contributed by atoms with Gasteiger partial charge in [-0.05, 0) is 41.5 Å². The molecule has 0 spiro atoms. The Morgan fingerprint density at radius 1 is 1.43 bits per heavy atom. The van der Waals surface area contributed by atoms with Crippen molar-refractivity contribution in [3.63, 3.8) is 0 Å². The van der Waals surface area contributed by atoms with Gasteiger partial charge in [0.2, 0.25) is 0 Å². The van der Waals surface area contributed by atoms with E-state index in [-0.39, 0.29) is 0 Å². The van der Waals surface area contributed by atoms with Crippen LogP contribution in [0.4, 0.5) is 0 Å². The lowest BCUT2D eigenvalue weighted by atomic mass is 10.2. The molecule has 1 nitrogen and oxygen atoms in total. The molecule has 1 aromatic carbocycles. The summed E-state index contributed by atoms with van der Waals surface area (Å²) in [7, 11) is 0. The Bertz CT molecular complexity index is 436. The Balaban J connectivity index is 2.34. The second-order valence-corrected chi connectivity index (χ2v) is 4.40. The van der Waals surface area contributed by atoms with Gasteiger partial charge in [-0.3, -0.25) is 0 Å². The van der Waals surface area contributed by atoms with E-state index in [1.165, 1.54) is 15.6 Å². The third-order valence-electron chi connectivity index (χ3n) is 2.08. The summed E-state index contributed by atoms with van der Waals surface area (Å²) in [4.78, 5) is 0. The minimum Gasteiger partial charge on any atom is -0.492 e. The fourth-order valence-corrected chi connectivity index (χ4v) is 2.38. The second-order valence-electron chi connectivity index (χ2n) is 3.11. The molecule has 0 bridgehead atoms. The van der Waals surface area contributed by atoms with Crippen LogP contribution in [-0.2, 0) is 0 Å². The van der Waals surface area contributed by atoms with E-state index in [2.05, 4.69) is 24.4 Å². The Kier molecular flexibility index (Phi) is 2.94. The summed E-state index contributed by atoms with van der Waals surface area (Å²) in [6, 6.07) is 6.16. The van der Waals surface area contributed by atoms with Crippen molar-refractivity contribution in [2.24, 2.45) is 0 Å². The minimum atomic E-state index is 0.528. The lowest BCUT2D eigenvalue weighted by molar-refractivity contribution is 0.343. The lowest BCUT2D eigenvalue weighted by Gasteiger charge is -2.03. The van der Waals surface area contributed by atoms with Crippen molar-refractivity contribution in [2.45, 2.75) is 6.92 Å². The summed E-state index contributed by atoms with van der Waals surface area (Å²) in [6.45, 7) is 2.68. The molecule has 0 saturated heterocycles. The second kappa shape index (κ2) is 4.20. The third-order valence-corrected chi connectivity index (χ3v) is 3.32. The van der Waals surface area contributed by atoms with Gasteiger partial charge < -0.3 is 4.74 Å². The lowest BCUT2D eigenvalue weighted by Crippen LogP contribution is -1.97. The first-order valence-corrected chi connectivity index (χ1v) is 5.89. The van der Waals surface area contributed by atoms with Crippen LogP contribution in [0.1, 0.15) is 5.56 Å². The number of halogens is 1. The Hall–Kier alpha value is -0.730. The highest BCUT2D eigenvalue weighted by Crippen LogP contribution is 2.28. The molecule has 0 radical (unpaired) electrons. The molecule has 1 heterocycles. The average molecular weight is 227 g/mol. The van der Waals surface area contributed by atoms with Crippen molar-refractivity contribution in [1.82, 2.24) is 0 Å². The summed E-state index contributed by atoms with van der Waals surface area (Å²) < 4.78 is 6.77. The number of thiophene rings is 1. The number of alkyl halides is 1. The maximum atomic E-state index is 5.56. The monoisotopic (exact) mass is 226 g/mol. The summed E-state index contributed by atoms with van der Waals surface area (Å²) in [5, 5.41) is 3.44. The largest absolute Gasteiger partial charge is 0.492 e. The van der Waals surface area contributed by atoms with Crippen molar-refractivity contribution in [3.8, 4) is 5.75 Å². The highest BCUT2D eigenvalue weighted by atomic mass is 35.5. The van der Waals surface area contributed by atoms with Gasteiger partial charge in [-0.25, -0.2) is 0 Å². The molecule has 0 saturated carbocycles. The number of ether oxygens (including phenoxy) is 1. The topological polar surface area (TPSA) is 9.23 Å². The first-order chi connectivity index (χ1) is 6.81. The number of aryl methyl sites for hydroxylation is 1. The van der Waals surface area contributed by atoms with E-state index in [1.54, 1.807) is 11.3 Å². The van der Waals surface area contributed by atoms with Gasteiger partial charge in [-0.2, -0.15) is 0 Å². The molecule has 0 fully saturated rings. The van der Waals surface area contributed by atoms with Gasteiger partial charge in [0.25, 0.3) is 0 Å². The number of hydrogen-bond donors (Lipinski definition) is 0. The molecular weight excluding hydrogens is 216 g/mol. The summed E-state index contributed by atoms with van der Waals surface area (Å²) >= 11 is 7.32. The Morgan fingerprint density at radius 2 is 2.29 bits per heavy atom. The smallest absolute Gasteiger partial charge is 0.120 e. The van der Waals surface area contributed by atoms with Gasteiger partial charge in [0.15, 0.2) is 0 Å². The zero-order chi connectivity index (χ0) is 9.97. The summed E-state index contributed by atoms with van der Waals surface area (Å²) in [5.74, 6) is 1.43. The maximum absolute atomic E-state index is 5.56. The Morgan fingerprint density at radius 3 is 3.07 bits per heavy atom. The third kappa shape index (κ3) is 1.86. The van der Waals surface area contributed by atoms with E-state index >= 15 is 0 Å². The van der Waals surface area contributed by atoms with Crippen molar-refractivity contribution >= 4 is 33.0 Å². The first-order valence-electron chi connectivity index (χ1n) is 4.48. The maximum Gasteiger partial charge on any atom is 0.120 e. The van der Waals surface area contributed by atoms with Crippen LogP contribution in [0.2, 0.25) is 0 Å². The van der Waals surface area contributed by atoms with E-state index in [0.29, 0.717) is 12.5 Å². The van der Waals surface area contributed by atoms with Crippen molar-refractivity contribution in [2.75, 3.05) is 12.5 Å². The molecule has 0 amide bonds. The zero-order valence-corrected chi connectivity index (χ0v) is 9.49. The fraction of sp³-hybridized carbons (Fsp3) is 0.273. The van der Waals surface area contributed by atoms with E-state index < -0.39 is 0 Å². The zero-order valence-electron chi connectivity index (χ0n) is 7.92. The van der Waals surface area contributed by atoms with Gasteiger partial charge in [-0.15, -0.1) is 22.9 Å². The molecule has 2 aromatic rings. The summed E-state index contributed by atoms with van der Waals surface area (Å²) in [6.07, 6.45) is 0. The van der Waals surface area contributed by atoms with Gasteiger partial charge in [0, 0.05) is 4.70 Å². The van der Waals surface area contributed by atoms with Crippen LogP contribution in [-0.4, -0.2) is 12.5 Å². The standard InChI is InChI=1S/C11H11ClOS/c1-8-7-14-11-3-2-9(6-10(8)11)13-5-4-12/h2-3,6-7H,4-5H2,1H3. The predicted octanol–water partition coefficient (Wildman–Crippen LogP) is 3.83. The number of rotatable bonds is 3. The SMILES string of the molecule is Cc1csc2ccc(OCCCl)cc12. The Labute approximate surface area is 92.3 Å². The van der Waals surface area contributed by atoms with Crippen LogP contribution in [0.25, 0.3) is 10.1 Å². The molecule has 0 unspecified atom stereocenters. The van der Waals surface area contributed by atoms with Crippen molar-refractivity contribution < 1.29 is 4.74 Å². The molecule has 0 N–H and O–H groups in total. The normalized spacial score (nSPS) is 10.7. The highest BCUT2D eigenvalue weighted by Gasteiger charge is 2.01. The van der Waals surface area contributed by atoms with Gasteiger partial charge >= 0.3 is 0 Å². The quantitative estimate of drug-likeness (QED) is 0.723. The van der Waals surface area contributed by atoms with Crippen molar-refractivity contribution in [3.05, 3.63) is 29.1 Å². The predicted molar refractivity (Wildman–Crippen MR) is 62.8 cm³/mol. The molecule has 2 rings (SSSR count). The van der Waals surface area contributed by atoms with Crippen LogP contribution in [0, 0.1) is 6.92 Å². The van der Waals surface area contributed by atoms with Gasteiger partial charge in [-0.1, -0.05) is 0 Å². The van der Waals surface area contributed by atoms with E-state index in [1.807, 2.05) is 6.07 Å². The van der Waals surface area contributed by atoms with Crippen LogP contribution < -0.4 is 4.74 Å². The van der Waals surface area contributed by atoms with Crippen LogP contribution in [0.15, 0.2) is 23.6 Å². The molecule has 0 aliphatic carbocycles. The van der Waals surface area contributed by atoms with Crippen LogP contribution in [0.5, 0.6) is 5.75 Å². The van der Waals surface area contributed by atoms with Crippen LogP contribution >= 0.6 is 22.9 Å². The molecule has 0 atom stereocenters. The van der Waals surface area contributed by atoms with Crippen LogP contribution in [0.3, 0.4) is 0 Å². The number of fused-ring (bicyclic) bond motifs is 1. The minimum absolute atomic E-state index is 0.528. The molecule has 3 heteroatoms. The molecule has 0 aliphatic heterocycles. The average Bonchev–Trinajstić information content (AvgIpc) is 2.57. The number of hydrogen-bond acceptors (Lipinski definition) is 2. The van der Waals surface area contributed by atoms with Gasteiger partial charge in [0.1, 0.15) is 12.4 Å². The molecular formula is C11H11ClOS. The van der Waals surface area contributed by atoms with Gasteiger partial charge in [0.05, 0.1) is 5.88 Å². The highest BCUT2D eigenvalue weighted by molar-refractivity contribution is 7.17. The van der Waals surface area contributed by atoms with E-state index in [0.717, 1.165) is 5.75 Å². The summed E-state index contributed by atoms with van der Waals surface area (Å²) in [5.41, 5.74) is 1.31. The molecule has 0 aliphatic rings. The van der Waals surface area contributed by atoms with E-state index in [9.17, 15) is 0 Å². The molecule has 14 heavy (non-hydrogen) atoms. The molecule has 74 valence electrons. The molecule has 1 aromatic heterocycles. The van der Waals surface area contributed by atoms with Crippen molar-refractivity contribution in [1.29, 1.82) is 0 Å². The first kappa shape index (κ1) is 9.81. The van der Waals surface area contributed by atoms with E-state index in [4.69, 9.17) is 16.3 Å².